The molecule has 1 atom stereocenters. The average Bonchev–Trinajstić information content (AvgIpc) is 3.12. The van der Waals surface area contributed by atoms with Crippen LogP contribution in [-0.2, 0) is 11.2 Å². The molecular formula is C23H24N4O. The fourth-order valence-corrected chi connectivity index (χ4v) is 3.87. The topological polar surface area (TPSA) is 59.8 Å². The second-order valence-electron chi connectivity index (χ2n) is 7.38. The summed E-state index contributed by atoms with van der Waals surface area (Å²) >= 11 is 0. The minimum absolute atomic E-state index is 0.00513. The Morgan fingerprint density at radius 2 is 2.04 bits per heavy atom. The first-order valence-electron chi connectivity index (χ1n) is 9.64. The molecule has 0 aliphatic heterocycles. The number of fused-ring (bicyclic) bond motifs is 1. The summed E-state index contributed by atoms with van der Waals surface area (Å²) < 4.78 is 2.03. The van der Waals surface area contributed by atoms with E-state index >= 15 is 0 Å². The van der Waals surface area contributed by atoms with Crippen LogP contribution in [0.4, 0.5) is 0 Å². The highest BCUT2D eigenvalue weighted by Gasteiger charge is 2.25. The minimum atomic E-state index is -0.0964. The van der Waals surface area contributed by atoms with Gasteiger partial charge in [-0.25, -0.2) is 4.68 Å². The zero-order valence-electron chi connectivity index (χ0n) is 16.2. The molecule has 0 fully saturated rings. The molecule has 1 aliphatic rings. The van der Waals surface area contributed by atoms with Crippen molar-refractivity contribution in [1.29, 1.82) is 0 Å². The highest BCUT2D eigenvalue weighted by molar-refractivity contribution is 5.92. The fourth-order valence-electron chi connectivity index (χ4n) is 3.87. The minimum Gasteiger partial charge on any atom is -0.346 e. The van der Waals surface area contributed by atoms with E-state index in [2.05, 4.69) is 47.4 Å². The van der Waals surface area contributed by atoms with E-state index in [1.807, 2.05) is 23.0 Å². The van der Waals surface area contributed by atoms with Gasteiger partial charge in [0.15, 0.2) is 0 Å². The molecule has 1 aromatic carbocycles. The molecule has 5 nitrogen and oxygen atoms in total. The van der Waals surface area contributed by atoms with Gasteiger partial charge in [0.25, 0.3) is 0 Å². The molecule has 1 unspecified atom stereocenters. The molecule has 0 saturated heterocycles. The van der Waals surface area contributed by atoms with Crippen molar-refractivity contribution < 1.29 is 4.79 Å². The number of aromatic nitrogens is 3. The summed E-state index contributed by atoms with van der Waals surface area (Å²) in [4.78, 5) is 16.5. The van der Waals surface area contributed by atoms with Gasteiger partial charge in [0.05, 0.1) is 17.9 Å². The van der Waals surface area contributed by atoms with E-state index in [9.17, 15) is 4.79 Å². The molecule has 4 rings (SSSR count). The van der Waals surface area contributed by atoms with Crippen LogP contribution in [0.3, 0.4) is 0 Å². The molecule has 0 bridgehead atoms. The van der Waals surface area contributed by atoms with Crippen molar-refractivity contribution in [1.82, 2.24) is 20.1 Å². The lowest BCUT2D eigenvalue weighted by atomic mass is 9.92. The van der Waals surface area contributed by atoms with Gasteiger partial charge in [-0.3, -0.25) is 9.78 Å². The van der Waals surface area contributed by atoms with Crippen LogP contribution in [-0.4, -0.2) is 20.7 Å². The lowest BCUT2D eigenvalue weighted by molar-refractivity contribution is -0.117. The summed E-state index contributed by atoms with van der Waals surface area (Å²) in [5, 5.41) is 7.77. The van der Waals surface area contributed by atoms with Crippen LogP contribution in [0.25, 0.3) is 11.8 Å². The number of pyridine rings is 1. The third kappa shape index (κ3) is 3.88. The van der Waals surface area contributed by atoms with Gasteiger partial charge in [0.2, 0.25) is 5.91 Å². The Kier molecular flexibility index (Phi) is 5.06. The largest absolute Gasteiger partial charge is 0.346 e. The Labute approximate surface area is 165 Å². The summed E-state index contributed by atoms with van der Waals surface area (Å²) in [6, 6.07) is 10.2. The molecule has 1 amide bonds. The van der Waals surface area contributed by atoms with Crippen molar-refractivity contribution in [3.8, 4) is 5.69 Å². The zero-order valence-corrected chi connectivity index (χ0v) is 16.2. The normalized spacial score (nSPS) is 16.1. The van der Waals surface area contributed by atoms with Gasteiger partial charge in [-0.15, -0.1) is 0 Å². The molecule has 0 radical (unpaired) electrons. The Morgan fingerprint density at radius 1 is 1.21 bits per heavy atom. The summed E-state index contributed by atoms with van der Waals surface area (Å²) in [6.45, 7) is 4.20. The van der Waals surface area contributed by atoms with E-state index in [1.165, 1.54) is 16.8 Å². The van der Waals surface area contributed by atoms with E-state index < -0.39 is 0 Å². The molecule has 0 saturated carbocycles. The molecule has 0 spiro atoms. The van der Waals surface area contributed by atoms with Gasteiger partial charge < -0.3 is 5.32 Å². The monoisotopic (exact) mass is 372 g/mol. The Morgan fingerprint density at radius 3 is 2.79 bits per heavy atom. The quantitative estimate of drug-likeness (QED) is 0.702. The van der Waals surface area contributed by atoms with E-state index in [1.54, 1.807) is 24.5 Å². The van der Waals surface area contributed by atoms with Crippen molar-refractivity contribution in [3.05, 3.63) is 82.9 Å². The second kappa shape index (κ2) is 7.80. The molecule has 2 heterocycles. The Bertz CT molecular complexity index is 1000. The van der Waals surface area contributed by atoms with Gasteiger partial charge in [-0.2, -0.15) is 5.10 Å². The fraction of sp³-hybridized carbons (Fsp3) is 0.261. The number of carbonyl (C=O) groups is 1. The Hall–Kier alpha value is -3.21. The van der Waals surface area contributed by atoms with Crippen LogP contribution in [0.15, 0.2) is 55.0 Å². The van der Waals surface area contributed by atoms with E-state index in [0.717, 1.165) is 36.1 Å². The molecular weight excluding hydrogens is 348 g/mol. The highest BCUT2D eigenvalue weighted by atomic mass is 16.1. The predicted octanol–water partition coefficient (Wildman–Crippen LogP) is 4.09. The molecule has 1 aliphatic carbocycles. The van der Waals surface area contributed by atoms with Crippen molar-refractivity contribution >= 4 is 12.0 Å². The summed E-state index contributed by atoms with van der Waals surface area (Å²) in [7, 11) is 0. The maximum Gasteiger partial charge on any atom is 0.244 e. The van der Waals surface area contributed by atoms with Crippen LogP contribution >= 0.6 is 0 Å². The van der Waals surface area contributed by atoms with Crippen LogP contribution in [0, 0.1) is 13.8 Å². The third-order valence-corrected chi connectivity index (χ3v) is 5.06. The maximum absolute atomic E-state index is 12.4. The van der Waals surface area contributed by atoms with E-state index in [0.29, 0.717) is 0 Å². The molecule has 2 aromatic heterocycles. The molecule has 5 heteroatoms. The van der Waals surface area contributed by atoms with Crippen molar-refractivity contribution in [2.75, 3.05) is 0 Å². The first kappa shape index (κ1) is 18.2. The Balaban J connectivity index is 1.54. The number of amides is 1. The smallest absolute Gasteiger partial charge is 0.244 e. The number of carbonyl (C=O) groups excluding carboxylic acids is 1. The van der Waals surface area contributed by atoms with Crippen molar-refractivity contribution in [2.45, 2.75) is 39.2 Å². The molecule has 1 N–H and O–H groups in total. The molecule has 28 heavy (non-hydrogen) atoms. The number of aryl methyl sites for hydroxylation is 2. The molecule has 3 aromatic rings. The summed E-state index contributed by atoms with van der Waals surface area (Å²) in [6.07, 6.45) is 11.6. The lowest BCUT2D eigenvalue weighted by Gasteiger charge is -2.24. The lowest BCUT2D eigenvalue weighted by Crippen LogP contribution is -2.29. The number of benzene rings is 1. The van der Waals surface area contributed by atoms with Gasteiger partial charge in [-0.05, 0) is 74.1 Å². The van der Waals surface area contributed by atoms with Crippen molar-refractivity contribution in [3.63, 3.8) is 0 Å². The summed E-state index contributed by atoms with van der Waals surface area (Å²) in [5.41, 5.74) is 6.75. The third-order valence-electron chi connectivity index (χ3n) is 5.06. The zero-order chi connectivity index (χ0) is 19.5. The number of hydrogen-bond acceptors (Lipinski definition) is 3. The van der Waals surface area contributed by atoms with Crippen LogP contribution in [0.2, 0.25) is 0 Å². The maximum atomic E-state index is 12.4. The standard InChI is InChI=1S/C23H24N4O/c1-16-11-17(2)13-19(12-16)27-22-7-3-6-21(20(22)15-25-27)26-23(28)9-8-18-5-4-10-24-14-18/h4-5,8-15,21H,3,6-7H2,1-2H3,(H,26,28). The second-order valence-corrected chi connectivity index (χ2v) is 7.38. The van der Waals surface area contributed by atoms with Crippen molar-refractivity contribution in [2.24, 2.45) is 0 Å². The van der Waals surface area contributed by atoms with Gasteiger partial charge >= 0.3 is 0 Å². The first-order chi connectivity index (χ1) is 13.6. The van der Waals surface area contributed by atoms with E-state index in [-0.39, 0.29) is 11.9 Å². The average molecular weight is 372 g/mol. The highest BCUT2D eigenvalue weighted by Crippen LogP contribution is 2.31. The van der Waals surface area contributed by atoms with Crippen LogP contribution < -0.4 is 5.32 Å². The predicted molar refractivity (Wildman–Crippen MR) is 110 cm³/mol. The van der Waals surface area contributed by atoms with Gasteiger partial charge in [0, 0.05) is 29.7 Å². The van der Waals surface area contributed by atoms with Gasteiger partial charge in [-0.1, -0.05) is 12.1 Å². The first-order valence-corrected chi connectivity index (χ1v) is 9.64. The van der Waals surface area contributed by atoms with Crippen LogP contribution in [0.5, 0.6) is 0 Å². The number of rotatable bonds is 4. The summed E-state index contributed by atoms with van der Waals surface area (Å²) in [5.74, 6) is -0.0964. The molecule has 142 valence electrons. The van der Waals surface area contributed by atoms with E-state index in [4.69, 9.17) is 0 Å². The number of nitrogens with zero attached hydrogens (tertiary/aromatic N) is 3. The number of nitrogens with one attached hydrogen (secondary N) is 1. The van der Waals surface area contributed by atoms with Crippen LogP contribution in [0.1, 0.15) is 46.8 Å². The van der Waals surface area contributed by atoms with Gasteiger partial charge in [0.1, 0.15) is 0 Å². The number of hydrogen-bond donors (Lipinski definition) is 1. The SMILES string of the molecule is Cc1cc(C)cc(-n2ncc3c2CCCC3NC(=O)C=Cc2cccnc2)c1.